The number of ether oxygens (including phenoxy) is 1. The molecular formula is C14H19BrN2O. The summed E-state index contributed by atoms with van der Waals surface area (Å²) in [7, 11) is 0. The third kappa shape index (κ3) is 2.42. The fourth-order valence-corrected chi connectivity index (χ4v) is 3.46. The predicted molar refractivity (Wildman–Crippen MR) is 75.9 cm³/mol. The van der Waals surface area contributed by atoms with Crippen LogP contribution in [-0.2, 0) is 6.42 Å². The van der Waals surface area contributed by atoms with E-state index in [0.29, 0.717) is 12.1 Å². The van der Waals surface area contributed by atoms with Gasteiger partial charge in [-0.15, -0.1) is 0 Å². The molecule has 1 fully saturated rings. The predicted octanol–water partition coefficient (Wildman–Crippen LogP) is 2.18. The maximum Gasteiger partial charge on any atom is 0.123 e. The zero-order chi connectivity index (χ0) is 12.5. The second-order valence-corrected chi connectivity index (χ2v) is 6.14. The number of nitrogens with zero attached hydrogens (tertiary/aromatic N) is 1. The molecule has 3 rings (SSSR count). The number of fused-ring (bicyclic) bond motifs is 1. The van der Waals surface area contributed by atoms with E-state index in [2.05, 4.69) is 33.0 Å². The van der Waals surface area contributed by atoms with E-state index < -0.39 is 0 Å². The first-order valence-electron chi connectivity index (χ1n) is 6.65. The molecule has 2 N–H and O–H groups in total. The zero-order valence-electron chi connectivity index (χ0n) is 10.4. The molecular weight excluding hydrogens is 292 g/mol. The Morgan fingerprint density at radius 2 is 2.33 bits per heavy atom. The van der Waals surface area contributed by atoms with Crippen LogP contribution in [0.25, 0.3) is 0 Å². The fraction of sp³-hybridized carbons (Fsp3) is 0.571. The van der Waals surface area contributed by atoms with Crippen LogP contribution in [0.3, 0.4) is 0 Å². The molecule has 2 heterocycles. The van der Waals surface area contributed by atoms with Crippen molar-refractivity contribution in [3.63, 3.8) is 0 Å². The molecule has 2 aliphatic rings. The minimum atomic E-state index is 0.293. The summed E-state index contributed by atoms with van der Waals surface area (Å²) >= 11 is 3.51. The number of nitrogens with two attached hydrogens (primary N) is 1. The topological polar surface area (TPSA) is 38.5 Å². The Bertz CT molecular complexity index is 438. The van der Waals surface area contributed by atoms with Gasteiger partial charge in [-0.25, -0.2) is 0 Å². The highest BCUT2D eigenvalue weighted by atomic mass is 79.9. The van der Waals surface area contributed by atoms with Crippen LogP contribution < -0.4 is 10.5 Å². The number of halogens is 1. The molecule has 3 nitrogen and oxygen atoms in total. The molecule has 1 aromatic rings. The Labute approximate surface area is 116 Å². The number of hydrogen-bond acceptors (Lipinski definition) is 3. The number of rotatable bonds is 3. The molecule has 1 saturated heterocycles. The van der Waals surface area contributed by atoms with Crippen LogP contribution >= 0.6 is 15.9 Å². The van der Waals surface area contributed by atoms with Crippen molar-refractivity contribution in [2.45, 2.75) is 31.4 Å². The van der Waals surface area contributed by atoms with Crippen molar-refractivity contribution in [3.8, 4) is 5.75 Å². The number of hydrogen-bond donors (Lipinski definition) is 1. The van der Waals surface area contributed by atoms with Crippen LogP contribution in [0.15, 0.2) is 22.7 Å². The molecule has 0 saturated carbocycles. The van der Waals surface area contributed by atoms with E-state index >= 15 is 0 Å². The van der Waals surface area contributed by atoms with Gasteiger partial charge in [0.15, 0.2) is 0 Å². The molecule has 2 aliphatic heterocycles. The summed E-state index contributed by atoms with van der Waals surface area (Å²) in [5, 5.41) is 0. The average Bonchev–Trinajstić information content (AvgIpc) is 2.94. The van der Waals surface area contributed by atoms with Gasteiger partial charge in [-0.2, -0.15) is 0 Å². The van der Waals surface area contributed by atoms with E-state index in [1.165, 1.54) is 24.9 Å². The highest BCUT2D eigenvalue weighted by Crippen LogP contribution is 2.32. The Balaban J connectivity index is 1.64. The molecule has 2 atom stereocenters. The second-order valence-electron chi connectivity index (χ2n) is 5.22. The van der Waals surface area contributed by atoms with E-state index in [-0.39, 0.29) is 0 Å². The van der Waals surface area contributed by atoms with E-state index in [1.54, 1.807) is 0 Å². The quantitative estimate of drug-likeness (QED) is 0.930. The first-order valence-corrected chi connectivity index (χ1v) is 7.45. The minimum Gasteiger partial charge on any atom is -0.488 e. The van der Waals surface area contributed by atoms with E-state index in [0.717, 1.165) is 29.7 Å². The summed E-state index contributed by atoms with van der Waals surface area (Å²) in [4.78, 5) is 2.49. The maximum atomic E-state index is 6.01. The van der Waals surface area contributed by atoms with E-state index in [1.807, 2.05) is 6.07 Å². The van der Waals surface area contributed by atoms with E-state index in [4.69, 9.17) is 10.5 Å². The van der Waals surface area contributed by atoms with Crippen molar-refractivity contribution in [1.29, 1.82) is 0 Å². The van der Waals surface area contributed by atoms with Crippen LogP contribution in [-0.4, -0.2) is 36.7 Å². The standard InChI is InChI=1S/C14H19BrN2O/c15-11-3-4-14-10(6-11)7-13(18-14)9-17-5-1-2-12(17)8-16/h3-4,6,12-13H,1-2,5,7-9,16H2. The lowest BCUT2D eigenvalue weighted by Crippen LogP contribution is -2.41. The lowest BCUT2D eigenvalue weighted by molar-refractivity contribution is 0.143. The van der Waals surface area contributed by atoms with Gasteiger partial charge in [0.2, 0.25) is 0 Å². The van der Waals surface area contributed by atoms with Crippen molar-refractivity contribution in [1.82, 2.24) is 4.90 Å². The van der Waals surface area contributed by atoms with Gasteiger partial charge in [-0.1, -0.05) is 15.9 Å². The third-order valence-corrected chi connectivity index (χ3v) is 4.47. The molecule has 2 unspecified atom stereocenters. The fourth-order valence-electron chi connectivity index (χ4n) is 3.05. The highest BCUT2D eigenvalue weighted by Gasteiger charge is 2.30. The van der Waals surface area contributed by atoms with E-state index in [9.17, 15) is 0 Å². The Morgan fingerprint density at radius 3 is 3.17 bits per heavy atom. The van der Waals surface area contributed by atoms with Crippen molar-refractivity contribution >= 4 is 15.9 Å². The molecule has 0 radical (unpaired) electrons. The normalized spacial score (nSPS) is 27.2. The highest BCUT2D eigenvalue weighted by molar-refractivity contribution is 9.10. The van der Waals surface area contributed by atoms with Crippen molar-refractivity contribution < 1.29 is 4.74 Å². The summed E-state index contributed by atoms with van der Waals surface area (Å²) in [6.07, 6.45) is 3.82. The summed E-state index contributed by atoms with van der Waals surface area (Å²) in [5.41, 5.74) is 7.13. The maximum absolute atomic E-state index is 6.01. The molecule has 0 amide bonds. The van der Waals surface area contributed by atoms with Crippen LogP contribution in [0.1, 0.15) is 18.4 Å². The summed E-state index contributed by atoms with van der Waals surface area (Å²) in [6.45, 7) is 2.95. The summed E-state index contributed by atoms with van der Waals surface area (Å²) in [6, 6.07) is 6.83. The van der Waals surface area contributed by atoms with Crippen LogP contribution in [0.2, 0.25) is 0 Å². The SMILES string of the molecule is NCC1CCCN1CC1Cc2cc(Br)ccc2O1. The van der Waals surface area contributed by atoms with Gasteiger partial charge >= 0.3 is 0 Å². The van der Waals surface area contributed by atoms with Gasteiger partial charge in [0.25, 0.3) is 0 Å². The van der Waals surface area contributed by atoms with Gasteiger partial charge in [-0.3, -0.25) is 4.90 Å². The van der Waals surface area contributed by atoms with Crippen molar-refractivity contribution in [2.75, 3.05) is 19.6 Å². The Hall–Kier alpha value is -0.580. The molecule has 0 aromatic heterocycles. The lowest BCUT2D eigenvalue weighted by atomic mass is 10.1. The largest absolute Gasteiger partial charge is 0.488 e. The van der Waals surface area contributed by atoms with Gasteiger partial charge in [-0.05, 0) is 43.1 Å². The molecule has 4 heteroatoms. The molecule has 98 valence electrons. The molecule has 18 heavy (non-hydrogen) atoms. The molecule has 0 spiro atoms. The molecule has 1 aromatic carbocycles. The lowest BCUT2D eigenvalue weighted by Gasteiger charge is -2.25. The monoisotopic (exact) mass is 310 g/mol. The second kappa shape index (κ2) is 5.19. The van der Waals surface area contributed by atoms with Crippen molar-refractivity contribution in [2.24, 2.45) is 5.73 Å². The van der Waals surface area contributed by atoms with Gasteiger partial charge < -0.3 is 10.5 Å². The van der Waals surface area contributed by atoms with Gasteiger partial charge in [0.05, 0.1) is 0 Å². The third-order valence-electron chi connectivity index (χ3n) is 3.97. The molecule has 0 aliphatic carbocycles. The zero-order valence-corrected chi connectivity index (χ0v) is 12.0. The smallest absolute Gasteiger partial charge is 0.123 e. The van der Waals surface area contributed by atoms with Crippen LogP contribution in [0.4, 0.5) is 0 Å². The number of likely N-dealkylation sites (tertiary alicyclic amines) is 1. The molecule has 0 bridgehead atoms. The van der Waals surface area contributed by atoms with Gasteiger partial charge in [0.1, 0.15) is 11.9 Å². The van der Waals surface area contributed by atoms with Crippen LogP contribution in [0.5, 0.6) is 5.75 Å². The minimum absolute atomic E-state index is 0.293. The van der Waals surface area contributed by atoms with Crippen molar-refractivity contribution in [3.05, 3.63) is 28.2 Å². The van der Waals surface area contributed by atoms with Gasteiger partial charge in [0, 0.05) is 30.0 Å². The summed E-state index contributed by atoms with van der Waals surface area (Å²) in [5.74, 6) is 1.05. The van der Waals surface area contributed by atoms with Crippen LogP contribution in [0, 0.1) is 0 Å². The Kier molecular flexibility index (Phi) is 3.59. The Morgan fingerprint density at radius 1 is 1.44 bits per heavy atom. The first-order chi connectivity index (χ1) is 8.76. The summed E-state index contributed by atoms with van der Waals surface area (Å²) < 4.78 is 7.14. The average molecular weight is 311 g/mol. The number of benzene rings is 1. The first kappa shape index (κ1) is 12.5.